The first kappa shape index (κ1) is 44.5. The number of nitrogens with one attached hydrogen (secondary N) is 8. The molecule has 5 aliphatic heterocycles. The number of benzene rings is 2. The zero-order valence-electron chi connectivity index (χ0n) is 38.8. The van der Waals surface area contributed by atoms with Crippen LogP contribution < -0.4 is 61.5 Å². The molecule has 0 amide bonds. The molecule has 353 valence electrons. The van der Waals surface area contributed by atoms with E-state index >= 15 is 4.79 Å². The predicted octanol–water partition coefficient (Wildman–Crippen LogP) is 4.27. The van der Waals surface area contributed by atoms with Crippen molar-refractivity contribution in [2.75, 3.05) is 28.4 Å². The molecule has 9 fully saturated rings. The van der Waals surface area contributed by atoms with Gasteiger partial charge in [-0.25, -0.2) is 0 Å². The van der Waals surface area contributed by atoms with Crippen LogP contribution in [-0.2, 0) is 14.6 Å². The van der Waals surface area contributed by atoms with Crippen LogP contribution in [0, 0.1) is 47.3 Å². The van der Waals surface area contributed by atoms with Gasteiger partial charge < -0.3 is 23.7 Å². The average Bonchev–Trinajstić information content (AvgIpc) is 4.09. The van der Waals surface area contributed by atoms with Crippen molar-refractivity contribution in [1.82, 2.24) is 42.5 Å². The van der Waals surface area contributed by atoms with Crippen LogP contribution in [-0.4, -0.2) is 100 Å². The summed E-state index contributed by atoms with van der Waals surface area (Å²) >= 11 is 0. The minimum Gasteiger partial charge on any atom is -0.493 e. The second-order valence-electron chi connectivity index (χ2n) is 21.0. The zero-order chi connectivity index (χ0) is 44.4. The quantitative estimate of drug-likeness (QED) is 0.140. The molecule has 17 unspecified atom stereocenters. The summed E-state index contributed by atoms with van der Waals surface area (Å²) in [5, 5.41) is 32.4. The van der Waals surface area contributed by atoms with Gasteiger partial charge in [0.2, 0.25) is 0 Å². The third kappa shape index (κ3) is 7.90. The van der Waals surface area contributed by atoms with Gasteiger partial charge in [-0.15, -0.1) is 0 Å². The maximum Gasteiger partial charge on any atom is 0.317 e. The minimum atomic E-state index is -1.41. The van der Waals surface area contributed by atoms with E-state index in [1.54, 1.807) is 28.4 Å². The average molecular weight is 910 g/mol. The highest BCUT2D eigenvalue weighted by Crippen LogP contribution is 2.48. The van der Waals surface area contributed by atoms with Gasteiger partial charge in [-0.1, -0.05) is 50.7 Å². The molecule has 5 heterocycles. The first-order chi connectivity index (χ1) is 31.8. The third-order valence-corrected chi connectivity index (χ3v) is 18.8. The van der Waals surface area contributed by atoms with Crippen molar-refractivity contribution in [1.29, 1.82) is 0 Å². The van der Waals surface area contributed by atoms with E-state index in [1.807, 2.05) is 36.4 Å². The van der Waals surface area contributed by atoms with E-state index in [-0.39, 0.29) is 67.1 Å². The first-order valence-electron chi connectivity index (χ1n) is 25.3. The predicted molar refractivity (Wildman–Crippen MR) is 248 cm³/mol. The maximum atomic E-state index is 15.4. The molecule has 9 aliphatic rings. The molecule has 0 spiro atoms. The summed E-state index contributed by atoms with van der Waals surface area (Å²) in [6.45, 7) is 0. The SMILES string of the molecule is COc1ccc(C([Si])(C(=O)OC2CCCC3C4NC5NC(NC6NC(NC7NC(NC(N4)C23)C2CCCCC72)C2CCCCC62)C2CCCCC52)c2ccc(OC)c(OC)c2)cc1OC. The number of hydrogen-bond donors (Lipinski definition) is 8. The van der Waals surface area contributed by atoms with Gasteiger partial charge in [0.1, 0.15) is 11.1 Å². The van der Waals surface area contributed by atoms with Crippen LogP contribution in [0.5, 0.6) is 23.0 Å². The molecular formula is C50H73N8O6Si. The van der Waals surface area contributed by atoms with Gasteiger partial charge in [0.25, 0.3) is 0 Å². The molecule has 15 heteroatoms. The molecule has 14 nitrogen and oxygen atoms in total. The van der Waals surface area contributed by atoms with E-state index in [0.717, 1.165) is 19.3 Å². The van der Waals surface area contributed by atoms with Gasteiger partial charge in [-0.2, -0.15) is 0 Å². The lowest BCUT2D eigenvalue weighted by molar-refractivity contribution is -0.158. The molecule has 8 bridgehead atoms. The van der Waals surface area contributed by atoms with Gasteiger partial charge >= 0.3 is 5.97 Å². The Balaban J connectivity index is 0.941. The highest BCUT2D eigenvalue weighted by atomic mass is 28.1. The number of esters is 1. The fraction of sp³-hybridized carbons (Fsp3) is 0.740. The number of carbonyl (C=O) groups excluding carboxylic acids is 1. The molecule has 4 aliphatic carbocycles. The van der Waals surface area contributed by atoms with E-state index in [2.05, 4.69) is 52.8 Å². The Labute approximate surface area is 389 Å². The Morgan fingerprint density at radius 1 is 0.446 bits per heavy atom. The lowest BCUT2D eigenvalue weighted by Crippen LogP contribution is -2.62. The number of rotatable bonds is 8. The van der Waals surface area contributed by atoms with Crippen molar-refractivity contribution in [2.24, 2.45) is 47.3 Å². The van der Waals surface area contributed by atoms with Crippen LogP contribution in [0.25, 0.3) is 0 Å². The summed E-state index contributed by atoms with van der Waals surface area (Å²) < 4.78 is 29.8. The fourth-order valence-corrected chi connectivity index (χ4v) is 15.3. The van der Waals surface area contributed by atoms with Crippen LogP contribution >= 0.6 is 0 Å². The highest BCUT2D eigenvalue weighted by molar-refractivity contribution is 6.30. The zero-order valence-corrected chi connectivity index (χ0v) is 39.8. The van der Waals surface area contributed by atoms with Crippen LogP contribution in [0.4, 0.5) is 0 Å². The van der Waals surface area contributed by atoms with Crippen molar-refractivity contribution >= 4 is 16.2 Å². The van der Waals surface area contributed by atoms with Gasteiger partial charge in [0, 0.05) is 5.92 Å². The Morgan fingerprint density at radius 3 is 1.12 bits per heavy atom. The van der Waals surface area contributed by atoms with Crippen molar-refractivity contribution in [3.05, 3.63) is 47.5 Å². The van der Waals surface area contributed by atoms with Gasteiger partial charge in [-0.05, 0) is 135 Å². The first-order valence-corrected chi connectivity index (χ1v) is 25.8. The summed E-state index contributed by atoms with van der Waals surface area (Å²) in [6.07, 6.45) is 19.1. The highest BCUT2D eigenvalue weighted by Gasteiger charge is 2.57. The molecule has 8 N–H and O–H groups in total. The van der Waals surface area contributed by atoms with Crippen LogP contribution in [0.15, 0.2) is 36.4 Å². The van der Waals surface area contributed by atoms with Crippen molar-refractivity contribution in [3.63, 3.8) is 0 Å². The summed E-state index contributed by atoms with van der Waals surface area (Å²) in [4.78, 5) is 15.4. The number of fused-ring (bicyclic) bond motifs is 20. The van der Waals surface area contributed by atoms with Crippen LogP contribution in [0.3, 0.4) is 0 Å². The smallest absolute Gasteiger partial charge is 0.317 e. The summed E-state index contributed by atoms with van der Waals surface area (Å²) in [7, 11) is 10.6. The number of hydrogen-bond acceptors (Lipinski definition) is 14. The van der Waals surface area contributed by atoms with Crippen molar-refractivity contribution in [3.8, 4) is 23.0 Å². The normalized spacial score (nSPS) is 41.0. The van der Waals surface area contributed by atoms with E-state index in [9.17, 15) is 0 Å². The minimum absolute atomic E-state index is 0.0293. The monoisotopic (exact) mass is 910 g/mol. The van der Waals surface area contributed by atoms with Crippen molar-refractivity contribution < 1.29 is 28.5 Å². The lowest BCUT2D eigenvalue weighted by atomic mass is 9.75. The van der Waals surface area contributed by atoms with Gasteiger partial charge in [0.05, 0.1) is 88.0 Å². The van der Waals surface area contributed by atoms with E-state index in [0.29, 0.717) is 75.8 Å². The molecule has 4 saturated carbocycles. The molecule has 65 heavy (non-hydrogen) atoms. The largest absolute Gasteiger partial charge is 0.493 e. The Morgan fingerprint density at radius 2 is 0.769 bits per heavy atom. The van der Waals surface area contributed by atoms with E-state index in [1.165, 1.54) is 77.0 Å². The number of ether oxygens (including phenoxy) is 5. The van der Waals surface area contributed by atoms with Gasteiger partial charge in [0.15, 0.2) is 23.0 Å². The fourth-order valence-electron chi connectivity index (χ4n) is 14.9. The summed E-state index contributed by atoms with van der Waals surface area (Å²) in [5.41, 5.74) is 1.31. The Bertz CT molecular complexity index is 1980. The van der Waals surface area contributed by atoms with E-state index in [4.69, 9.17) is 23.7 Å². The second kappa shape index (κ2) is 18.5. The van der Waals surface area contributed by atoms with Gasteiger partial charge in [-0.3, -0.25) is 47.3 Å². The lowest BCUT2D eigenvalue weighted by Gasteiger charge is -2.40. The molecular weight excluding hydrogens is 837 g/mol. The molecule has 3 radical (unpaired) electrons. The molecule has 11 rings (SSSR count). The molecule has 17 atom stereocenters. The van der Waals surface area contributed by atoms with Crippen LogP contribution in [0.1, 0.15) is 107 Å². The standard InChI is InChI=1S/C50H73N8O6Si/c1-60-35-22-20-26(24-38(35)62-3)50(65,27-21-23-36(61-2)39(25-27)63-4)49(59)64-37-19-11-18-34-40(37)48-57-46-33-17-10-9-16-32(33)44(55-46)53-42-29-13-6-5-12-28(29)41(51-42)52-43-30-14-7-8-15-31(30)45(54-43)56-47(34)58-48/h20-25,28-34,37,40-48,51-58H,5-19H2,1-4H3. The number of methoxy groups -OCH3 is 4. The number of carbonyl (C=O) groups is 1. The molecule has 2 aromatic carbocycles. The molecule has 2 aromatic rings. The maximum absolute atomic E-state index is 15.4. The second-order valence-corrected chi connectivity index (χ2v) is 21.7. The topological polar surface area (TPSA) is 159 Å². The van der Waals surface area contributed by atoms with E-state index < -0.39 is 5.04 Å². The Kier molecular flexibility index (Phi) is 12.7. The summed E-state index contributed by atoms with van der Waals surface area (Å²) in [5.74, 6) is 5.54. The molecule has 0 aromatic heterocycles. The van der Waals surface area contributed by atoms with Crippen molar-refractivity contribution in [2.45, 2.75) is 157 Å². The molecule has 5 saturated heterocycles. The third-order valence-electron chi connectivity index (χ3n) is 18.0. The Hall–Kier alpha value is -2.99. The van der Waals surface area contributed by atoms with Crippen LogP contribution in [0.2, 0.25) is 0 Å². The summed E-state index contributed by atoms with van der Waals surface area (Å²) in [6, 6.07) is 11.2.